The van der Waals surface area contributed by atoms with Crippen LogP contribution in [-0.2, 0) is 0 Å². The van der Waals surface area contributed by atoms with Crippen LogP contribution in [-0.4, -0.2) is 45.8 Å². The second kappa shape index (κ2) is 8.94. The third kappa shape index (κ3) is 5.01. The minimum absolute atomic E-state index is 0.0957. The van der Waals surface area contributed by atoms with E-state index in [2.05, 4.69) is 27.0 Å². The van der Waals surface area contributed by atoms with Crippen LogP contribution in [0.2, 0.25) is 5.02 Å². The Hall–Kier alpha value is -1.96. The molecule has 0 saturated carbocycles. The number of benzene rings is 1. The molecular weight excluding hydrogens is 362 g/mol. The number of carbonyl (C=O) groups is 1. The van der Waals surface area contributed by atoms with Crippen LogP contribution in [0.25, 0.3) is 0 Å². The molecule has 2 amide bonds. The van der Waals surface area contributed by atoms with E-state index >= 15 is 0 Å². The number of ether oxygens (including phenoxy) is 2. The van der Waals surface area contributed by atoms with Crippen molar-refractivity contribution in [2.45, 2.75) is 6.04 Å². The van der Waals surface area contributed by atoms with Crippen LogP contribution in [0.5, 0.6) is 11.5 Å². The van der Waals surface area contributed by atoms with Crippen molar-refractivity contribution in [2.24, 2.45) is 0 Å². The molecule has 2 N–H and O–H groups in total. The maximum absolute atomic E-state index is 12.3. The number of hydrogen-bond donors (Lipinski definition) is 2. The van der Waals surface area contributed by atoms with E-state index in [-0.39, 0.29) is 12.1 Å². The summed E-state index contributed by atoms with van der Waals surface area (Å²) in [5.41, 5.74) is 1.64. The Balaban J connectivity index is 2.03. The van der Waals surface area contributed by atoms with Crippen molar-refractivity contribution < 1.29 is 14.3 Å². The standard InChI is InChI=1S/C17H22ClN3O3S/c1-21(2)14(11-5-6-25-10-11)9-19-17(22)20-13-7-12(18)15(23-3)8-16(13)24-4/h5-8,10,14H,9H2,1-4H3,(H2,19,20,22). The quantitative estimate of drug-likeness (QED) is 0.762. The highest BCUT2D eigenvalue weighted by Crippen LogP contribution is 2.35. The number of anilines is 1. The Kier molecular flexibility index (Phi) is 6.92. The van der Waals surface area contributed by atoms with E-state index < -0.39 is 0 Å². The van der Waals surface area contributed by atoms with Gasteiger partial charge in [-0.1, -0.05) is 11.6 Å². The predicted octanol–water partition coefficient (Wildman–Crippen LogP) is 3.84. The Morgan fingerprint density at radius 3 is 2.56 bits per heavy atom. The van der Waals surface area contributed by atoms with Gasteiger partial charge in [-0.25, -0.2) is 4.79 Å². The molecule has 0 aliphatic carbocycles. The number of nitrogens with one attached hydrogen (secondary N) is 2. The van der Waals surface area contributed by atoms with Gasteiger partial charge in [0, 0.05) is 12.6 Å². The number of methoxy groups -OCH3 is 2. The molecule has 0 bridgehead atoms. The largest absolute Gasteiger partial charge is 0.495 e. The zero-order valence-corrected chi connectivity index (χ0v) is 16.2. The highest BCUT2D eigenvalue weighted by Gasteiger charge is 2.17. The Morgan fingerprint density at radius 1 is 1.28 bits per heavy atom. The van der Waals surface area contributed by atoms with Gasteiger partial charge in [0.15, 0.2) is 0 Å². The highest BCUT2D eigenvalue weighted by molar-refractivity contribution is 7.07. The zero-order chi connectivity index (χ0) is 18.4. The lowest BCUT2D eigenvalue weighted by atomic mass is 10.1. The lowest BCUT2D eigenvalue weighted by Crippen LogP contribution is -2.36. The minimum atomic E-state index is -0.332. The molecule has 0 aliphatic rings. The number of amides is 2. The van der Waals surface area contributed by atoms with Crippen molar-refractivity contribution in [1.29, 1.82) is 0 Å². The maximum Gasteiger partial charge on any atom is 0.319 e. The molecule has 1 aromatic carbocycles. The first-order chi connectivity index (χ1) is 12.0. The van der Waals surface area contributed by atoms with Gasteiger partial charge in [-0.2, -0.15) is 11.3 Å². The molecule has 0 radical (unpaired) electrons. The molecule has 6 nitrogen and oxygen atoms in total. The van der Waals surface area contributed by atoms with E-state index in [0.29, 0.717) is 28.8 Å². The summed E-state index contributed by atoms with van der Waals surface area (Å²) in [5, 5.41) is 10.1. The van der Waals surface area contributed by atoms with Crippen LogP contribution in [0, 0.1) is 0 Å². The number of urea groups is 1. The molecule has 2 rings (SSSR count). The number of likely N-dealkylation sites (N-methyl/N-ethyl adjacent to an activating group) is 1. The first kappa shape index (κ1) is 19.4. The van der Waals surface area contributed by atoms with Gasteiger partial charge in [-0.15, -0.1) is 0 Å². The molecule has 2 aromatic rings. The Bertz CT molecular complexity index is 707. The van der Waals surface area contributed by atoms with E-state index in [0.717, 1.165) is 0 Å². The average Bonchev–Trinajstić information content (AvgIpc) is 3.09. The fourth-order valence-corrected chi connectivity index (χ4v) is 3.32. The monoisotopic (exact) mass is 383 g/mol. The summed E-state index contributed by atoms with van der Waals surface area (Å²) in [6.07, 6.45) is 0. The second-order valence-corrected chi connectivity index (χ2v) is 6.75. The van der Waals surface area contributed by atoms with Crippen molar-refractivity contribution in [3.63, 3.8) is 0 Å². The molecule has 1 unspecified atom stereocenters. The second-order valence-electron chi connectivity index (χ2n) is 5.56. The normalized spacial score (nSPS) is 11.9. The van der Waals surface area contributed by atoms with Gasteiger partial charge in [0.05, 0.1) is 31.0 Å². The van der Waals surface area contributed by atoms with Gasteiger partial charge in [0.2, 0.25) is 0 Å². The van der Waals surface area contributed by atoms with E-state index in [1.807, 2.05) is 19.5 Å². The number of carbonyl (C=O) groups excluding carboxylic acids is 1. The molecule has 136 valence electrons. The third-order valence-corrected chi connectivity index (χ3v) is 4.73. The van der Waals surface area contributed by atoms with Gasteiger partial charge >= 0.3 is 6.03 Å². The molecule has 0 fully saturated rings. The van der Waals surface area contributed by atoms with Gasteiger partial charge in [0.25, 0.3) is 0 Å². The molecular formula is C17H22ClN3O3S. The van der Waals surface area contributed by atoms with Gasteiger partial charge in [-0.05, 0) is 42.6 Å². The Labute approximate surface area is 156 Å². The summed E-state index contributed by atoms with van der Waals surface area (Å²) >= 11 is 7.75. The first-order valence-corrected chi connectivity index (χ1v) is 8.93. The molecule has 25 heavy (non-hydrogen) atoms. The summed E-state index contributed by atoms with van der Waals surface area (Å²) in [5.74, 6) is 0.952. The van der Waals surface area contributed by atoms with E-state index in [9.17, 15) is 4.79 Å². The molecule has 1 aromatic heterocycles. The van der Waals surface area contributed by atoms with Crippen LogP contribution < -0.4 is 20.1 Å². The molecule has 0 spiro atoms. The van der Waals surface area contributed by atoms with Crippen LogP contribution in [0.1, 0.15) is 11.6 Å². The summed E-state index contributed by atoms with van der Waals surface area (Å²) in [7, 11) is 7.00. The summed E-state index contributed by atoms with van der Waals surface area (Å²) in [4.78, 5) is 14.3. The van der Waals surface area contributed by atoms with Crippen molar-refractivity contribution in [3.05, 3.63) is 39.5 Å². The van der Waals surface area contributed by atoms with Gasteiger partial charge in [0.1, 0.15) is 11.5 Å². The van der Waals surface area contributed by atoms with Crippen molar-refractivity contribution in [3.8, 4) is 11.5 Å². The van der Waals surface area contributed by atoms with Gasteiger partial charge in [-0.3, -0.25) is 0 Å². The van der Waals surface area contributed by atoms with Crippen LogP contribution in [0.4, 0.5) is 10.5 Å². The molecule has 8 heteroatoms. The fourth-order valence-electron chi connectivity index (χ4n) is 2.38. The molecule has 1 atom stereocenters. The smallest absolute Gasteiger partial charge is 0.319 e. The SMILES string of the molecule is COc1cc(OC)c(NC(=O)NCC(c2ccsc2)N(C)C)cc1Cl. The van der Waals surface area contributed by atoms with Crippen molar-refractivity contribution >= 4 is 34.7 Å². The number of rotatable bonds is 7. The number of hydrogen-bond acceptors (Lipinski definition) is 5. The fraction of sp³-hybridized carbons (Fsp3) is 0.353. The van der Waals surface area contributed by atoms with Crippen molar-refractivity contribution in [1.82, 2.24) is 10.2 Å². The number of thiophene rings is 1. The van der Waals surface area contributed by atoms with E-state index in [1.54, 1.807) is 23.5 Å². The maximum atomic E-state index is 12.3. The van der Waals surface area contributed by atoms with Crippen molar-refractivity contribution in [2.75, 3.05) is 40.2 Å². The lowest BCUT2D eigenvalue weighted by Gasteiger charge is -2.24. The van der Waals surface area contributed by atoms with Crippen LogP contribution in [0.15, 0.2) is 29.0 Å². The molecule has 0 saturated heterocycles. The van der Waals surface area contributed by atoms with E-state index in [1.165, 1.54) is 19.8 Å². The van der Waals surface area contributed by atoms with Crippen LogP contribution in [0.3, 0.4) is 0 Å². The summed E-state index contributed by atoms with van der Waals surface area (Å²) in [6.45, 7) is 0.474. The molecule has 0 aliphatic heterocycles. The highest BCUT2D eigenvalue weighted by atomic mass is 35.5. The van der Waals surface area contributed by atoms with Gasteiger partial charge < -0.3 is 25.0 Å². The third-order valence-electron chi connectivity index (χ3n) is 3.73. The topological polar surface area (TPSA) is 62.8 Å². The first-order valence-electron chi connectivity index (χ1n) is 7.61. The average molecular weight is 384 g/mol. The lowest BCUT2D eigenvalue weighted by molar-refractivity contribution is 0.243. The zero-order valence-electron chi connectivity index (χ0n) is 14.6. The minimum Gasteiger partial charge on any atom is -0.495 e. The number of halogens is 1. The summed E-state index contributed by atoms with van der Waals surface area (Å²) < 4.78 is 10.4. The Morgan fingerprint density at radius 2 is 2.00 bits per heavy atom. The summed E-state index contributed by atoms with van der Waals surface area (Å²) in [6, 6.07) is 5.05. The van der Waals surface area contributed by atoms with E-state index in [4.69, 9.17) is 21.1 Å². The predicted molar refractivity (Wildman–Crippen MR) is 102 cm³/mol. The van der Waals surface area contributed by atoms with Crippen LogP contribution >= 0.6 is 22.9 Å². The molecule has 1 heterocycles. The number of nitrogens with zero attached hydrogens (tertiary/aromatic N) is 1.